The van der Waals surface area contributed by atoms with Crippen molar-refractivity contribution >= 4 is 0 Å². The highest BCUT2D eigenvalue weighted by Crippen LogP contribution is 2.12. The summed E-state index contributed by atoms with van der Waals surface area (Å²) in [7, 11) is 0. The number of aliphatic hydroxyl groups is 1. The lowest BCUT2D eigenvalue weighted by atomic mass is 10.1. The zero-order valence-electron chi connectivity index (χ0n) is 8.56. The molecule has 1 aromatic carbocycles. The Morgan fingerprint density at radius 2 is 1.94 bits per heavy atom. The largest absolute Gasteiger partial charge is 0.425 e. The van der Waals surface area contributed by atoms with Crippen molar-refractivity contribution in [3.63, 3.8) is 0 Å². The molecule has 0 bridgehead atoms. The summed E-state index contributed by atoms with van der Waals surface area (Å²) in [4.78, 5) is 0. The molecule has 1 N–H and O–H groups in total. The van der Waals surface area contributed by atoms with Crippen LogP contribution in [0.4, 0.5) is 4.39 Å². The molecule has 84 valence electrons. The van der Waals surface area contributed by atoms with Gasteiger partial charge in [0.05, 0.1) is 13.0 Å². The topological polar surface area (TPSA) is 59.2 Å². The van der Waals surface area contributed by atoms with Gasteiger partial charge in [-0.2, -0.15) is 0 Å². The van der Waals surface area contributed by atoms with E-state index in [-0.39, 0.29) is 18.8 Å². The molecule has 16 heavy (non-hydrogen) atoms. The molecule has 0 saturated carbocycles. The van der Waals surface area contributed by atoms with Crippen LogP contribution in [0, 0.1) is 5.82 Å². The lowest BCUT2D eigenvalue weighted by Gasteiger charge is -1.97. The maximum Gasteiger partial charge on any atom is 0.221 e. The summed E-state index contributed by atoms with van der Waals surface area (Å²) < 4.78 is 18.5. The van der Waals surface area contributed by atoms with E-state index in [0.29, 0.717) is 23.8 Å². The Labute approximate surface area is 91.7 Å². The molecule has 4 nitrogen and oxygen atoms in total. The Morgan fingerprint density at radius 3 is 2.69 bits per heavy atom. The molecule has 1 heterocycles. The van der Waals surface area contributed by atoms with Gasteiger partial charge in [0.25, 0.3) is 0 Å². The Balaban J connectivity index is 2.11. The number of hydrogen-bond acceptors (Lipinski definition) is 4. The number of rotatable bonds is 4. The first-order valence-electron chi connectivity index (χ1n) is 4.95. The zero-order chi connectivity index (χ0) is 11.4. The van der Waals surface area contributed by atoms with Gasteiger partial charge < -0.3 is 9.52 Å². The van der Waals surface area contributed by atoms with Gasteiger partial charge in [0.15, 0.2) is 0 Å². The van der Waals surface area contributed by atoms with Crippen molar-refractivity contribution in [1.82, 2.24) is 10.2 Å². The van der Waals surface area contributed by atoms with Crippen LogP contribution in [-0.2, 0) is 12.8 Å². The summed E-state index contributed by atoms with van der Waals surface area (Å²) in [6.07, 6.45) is 0.593. The Kier molecular flexibility index (Phi) is 3.26. The molecule has 0 aliphatic rings. The molecule has 0 spiro atoms. The van der Waals surface area contributed by atoms with Gasteiger partial charge in [0.1, 0.15) is 5.82 Å². The number of halogens is 1. The van der Waals surface area contributed by atoms with Crippen LogP contribution in [0.1, 0.15) is 17.3 Å². The van der Waals surface area contributed by atoms with E-state index in [1.165, 1.54) is 6.07 Å². The molecule has 2 aromatic rings. The summed E-state index contributed by atoms with van der Waals surface area (Å²) in [5.74, 6) is 0.437. The number of hydrogen-bond donors (Lipinski definition) is 1. The number of aromatic nitrogens is 2. The smallest absolute Gasteiger partial charge is 0.221 e. The van der Waals surface area contributed by atoms with E-state index in [9.17, 15) is 4.39 Å². The van der Waals surface area contributed by atoms with E-state index in [1.54, 1.807) is 18.2 Å². The number of benzene rings is 1. The maximum absolute atomic E-state index is 13.3. The number of nitrogens with zero attached hydrogens (tertiary/aromatic N) is 2. The third kappa shape index (κ3) is 2.43. The highest BCUT2D eigenvalue weighted by Gasteiger charge is 2.08. The SMILES string of the molecule is OCCc1nnc(Cc2ccccc2F)o1. The highest BCUT2D eigenvalue weighted by atomic mass is 19.1. The van der Waals surface area contributed by atoms with Gasteiger partial charge in [0, 0.05) is 6.42 Å². The second-order valence-corrected chi connectivity index (χ2v) is 3.33. The fourth-order valence-corrected chi connectivity index (χ4v) is 1.36. The Hall–Kier alpha value is -1.75. The minimum atomic E-state index is -0.288. The molecule has 0 radical (unpaired) electrons. The third-order valence-electron chi connectivity index (χ3n) is 2.13. The Bertz CT molecular complexity index is 471. The van der Waals surface area contributed by atoms with E-state index in [2.05, 4.69) is 10.2 Å². The van der Waals surface area contributed by atoms with Gasteiger partial charge >= 0.3 is 0 Å². The standard InChI is InChI=1S/C11H11FN2O2/c12-9-4-2-1-3-8(9)7-11-14-13-10(16-11)5-6-15/h1-4,15H,5-7H2. The second-order valence-electron chi connectivity index (χ2n) is 3.33. The van der Waals surface area contributed by atoms with Crippen molar-refractivity contribution in [2.24, 2.45) is 0 Å². The molecule has 0 fully saturated rings. The van der Waals surface area contributed by atoms with E-state index in [0.717, 1.165) is 0 Å². The first-order valence-corrected chi connectivity index (χ1v) is 4.95. The quantitative estimate of drug-likeness (QED) is 0.847. The fourth-order valence-electron chi connectivity index (χ4n) is 1.36. The van der Waals surface area contributed by atoms with Crippen LogP contribution in [0.25, 0.3) is 0 Å². The minimum absolute atomic E-state index is 0.0403. The molecular weight excluding hydrogens is 211 g/mol. The zero-order valence-corrected chi connectivity index (χ0v) is 8.56. The van der Waals surface area contributed by atoms with E-state index < -0.39 is 0 Å². The van der Waals surface area contributed by atoms with Gasteiger partial charge in [-0.05, 0) is 11.6 Å². The average molecular weight is 222 g/mol. The predicted molar refractivity (Wildman–Crippen MR) is 54.3 cm³/mol. The van der Waals surface area contributed by atoms with Crippen molar-refractivity contribution in [3.8, 4) is 0 Å². The molecule has 2 rings (SSSR count). The normalized spacial score (nSPS) is 10.6. The van der Waals surface area contributed by atoms with Gasteiger partial charge in [-0.3, -0.25) is 0 Å². The molecule has 1 aromatic heterocycles. The predicted octanol–water partition coefficient (Wildman–Crippen LogP) is 1.33. The van der Waals surface area contributed by atoms with Crippen molar-refractivity contribution < 1.29 is 13.9 Å². The molecule has 0 atom stereocenters. The van der Waals surface area contributed by atoms with Crippen molar-refractivity contribution in [3.05, 3.63) is 47.4 Å². The fraction of sp³-hybridized carbons (Fsp3) is 0.273. The molecule has 0 amide bonds. The maximum atomic E-state index is 13.3. The molecule has 0 aliphatic carbocycles. The summed E-state index contributed by atoms with van der Waals surface area (Å²) >= 11 is 0. The molecule has 5 heteroatoms. The highest BCUT2D eigenvalue weighted by molar-refractivity contribution is 5.20. The van der Waals surface area contributed by atoms with Gasteiger partial charge in [-0.1, -0.05) is 18.2 Å². The number of aliphatic hydroxyl groups excluding tert-OH is 1. The van der Waals surface area contributed by atoms with Crippen LogP contribution >= 0.6 is 0 Å². The van der Waals surface area contributed by atoms with Gasteiger partial charge in [-0.15, -0.1) is 10.2 Å². The van der Waals surface area contributed by atoms with Gasteiger partial charge in [-0.25, -0.2) is 4.39 Å². The van der Waals surface area contributed by atoms with E-state index >= 15 is 0 Å². The van der Waals surface area contributed by atoms with Gasteiger partial charge in [0.2, 0.25) is 11.8 Å². The third-order valence-corrected chi connectivity index (χ3v) is 2.13. The van der Waals surface area contributed by atoms with Crippen LogP contribution in [-0.4, -0.2) is 21.9 Å². The molecule has 0 saturated heterocycles. The molecule has 0 aliphatic heterocycles. The van der Waals surface area contributed by atoms with E-state index in [1.807, 2.05) is 0 Å². The lowest BCUT2D eigenvalue weighted by Crippen LogP contribution is -1.92. The molecular formula is C11H11FN2O2. The molecule has 0 unspecified atom stereocenters. The van der Waals surface area contributed by atoms with Crippen LogP contribution in [0.5, 0.6) is 0 Å². The first-order chi connectivity index (χ1) is 7.79. The van der Waals surface area contributed by atoms with Crippen LogP contribution in [0.15, 0.2) is 28.7 Å². The monoisotopic (exact) mass is 222 g/mol. The van der Waals surface area contributed by atoms with Crippen molar-refractivity contribution in [2.75, 3.05) is 6.61 Å². The van der Waals surface area contributed by atoms with Crippen LogP contribution in [0.3, 0.4) is 0 Å². The van der Waals surface area contributed by atoms with Crippen LogP contribution in [0.2, 0.25) is 0 Å². The summed E-state index contributed by atoms with van der Waals surface area (Å²) in [5, 5.41) is 16.2. The average Bonchev–Trinajstić information content (AvgIpc) is 2.70. The van der Waals surface area contributed by atoms with Crippen molar-refractivity contribution in [2.45, 2.75) is 12.8 Å². The lowest BCUT2D eigenvalue weighted by molar-refractivity contribution is 0.283. The minimum Gasteiger partial charge on any atom is -0.425 e. The van der Waals surface area contributed by atoms with E-state index in [4.69, 9.17) is 9.52 Å². The summed E-state index contributed by atoms with van der Waals surface area (Å²) in [6, 6.07) is 6.44. The summed E-state index contributed by atoms with van der Waals surface area (Å²) in [5.41, 5.74) is 0.515. The second kappa shape index (κ2) is 4.85. The van der Waals surface area contributed by atoms with Crippen molar-refractivity contribution in [1.29, 1.82) is 0 Å². The Morgan fingerprint density at radius 1 is 1.19 bits per heavy atom. The summed E-state index contributed by atoms with van der Waals surface area (Å²) in [6.45, 7) is -0.0403. The van der Waals surface area contributed by atoms with Crippen LogP contribution < -0.4 is 0 Å². The first kappa shape index (κ1) is 10.8.